The van der Waals surface area contributed by atoms with Crippen LogP contribution in [0.2, 0.25) is 0 Å². The molecule has 1 fully saturated rings. The van der Waals surface area contributed by atoms with Gasteiger partial charge in [-0.1, -0.05) is 0 Å². The Kier molecular flexibility index (Phi) is 5.17. The molecule has 8 heteroatoms. The highest BCUT2D eigenvalue weighted by atomic mass is 16.7. The van der Waals surface area contributed by atoms with Crippen molar-refractivity contribution in [3.63, 3.8) is 0 Å². The van der Waals surface area contributed by atoms with Gasteiger partial charge in [-0.05, 0) is 62.8 Å². The van der Waals surface area contributed by atoms with E-state index in [4.69, 9.17) is 26.6 Å². The van der Waals surface area contributed by atoms with Gasteiger partial charge < -0.3 is 20.9 Å². The summed E-state index contributed by atoms with van der Waals surface area (Å²) in [7, 11) is 0. The van der Waals surface area contributed by atoms with Crippen molar-refractivity contribution < 1.29 is 19.5 Å². The predicted molar refractivity (Wildman–Crippen MR) is 96.1 cm³/mol. The minimum absolute atomic E-state index is 0.211. The van der Waals surface area contributed by atoms with Gasteiger partial charge in [0.2, 0.25) is 5.60 Å². The van der Waals surface area contributed by atoms with Crippen molar-refractivity contribution in [1.82, 2.24) is 5.32 Å². The van der Waals surface area contributed by atoms with Gasteiger partial charge in [-0.15, -0.1) is 0 Å². The van der Waals surface area contributed by atoms with E-state index in [0.717, 1.165) is 30.4 Å². The van der Waals surface area contributed by atoms with Crippen molar-refractivity contribution in [2.75, 3.05) is 0 Å². The number of nitrogens with two attached hydrogens (primary N) is 2. The van der Waals surface area contributed by atoms with E-state index in [1.165, 1.54) is 6.92 Å². The first kappa shape index (κ1) is 18.6. The van der Waals surface area contributed by atoms with E-state index in [0.29, 0.717) is 24.4 Å². The second-order valence-electron chi connectivity index (χ2n) is 7.29. The van der Waals surface area contributed by atoms with Crippen LogP contribution in [0.25, 0.3) is 0 Å². The van der Waals surface area contributed by atoms with Gasteiger partial charge in [-0.3, -0.25) is 10.2 Å². The average Bonchev–Trinajstić information content (AvgIpc) is 3.04. The summed E-state index contributed by atoms with van der Waals surface area (Å²) in [5.74, 6) is 5.01. The largest absolute Gasteiger partial charge is 0.486 e. The van der Waals surface area contributed by atoms with Crippen LogP contribution >= 0.6 is 0 Å². The third-order valence-electron chi connectivity index (χ3n) is 5.40. The molecule has 0 spiro atoms. The highest BCUT2D eigenvalue weighted by Gasteiger charge is 2.46. The van der Waals surface area contributed by atoms with Crippen LogP contribution < -0.4 is 21.7 Å². The van der Waals surface area contributed by atoms with Gasteiger partial charge in [0.15, 0.2) is 0 Å². The molecule has 26 heavy (non-hydrogen) atoms. The molecule has 0 unspecified atom stereocenters. The zero-order valence-electron chi connectivity index (χ0n) is 14.8. The summed E-state index contributed by atoms with van der Waals surface area (Å²) in [6, 6.07) is 5.94. The Morgan fingerprint density at radius 2 is 2.19 bits per heavy atom. The predicted octanol–water partition coefficient (Wildman–Crippen LogP) is 0.909. The first-order valence-electron chi connectivity index (χ1n) is 8.85. The first-order valence-corrected chi connectivity index (χ1v) is 8.85. The van der Waals surface area contributed by atoms with Crippen molar-refractivity contribution in [3.05, 3.63) is 29.3 Å². The van der Waals surface area contributed by atoms with Crippen molar-refractivity contribution in [1.29, 1.82) is 5.41 Å². The second-order valence-corrected chi connectivity index (χ2v) is 7.29. The van der Waals surface area contributed by atoms with Crippen molar-refractivity contribution in [2.24, 2.45) is 11.6 Å². The lowest BCUT2D eigenvalue weighted by atomic mass is 9.90. The molecular weight excluding hydrogens is 336 g/mol. The van der Waals surface area contributed by atoms with E-state index < -0.39 is 17.7 Å². The topological polar surface area (TPSA) is 144 Å². The van der Waals surface area contributed by atoms with E-state index in [9.17, 15) is 9.90 Å². The Labute approximate surface area is 152 Å². The molecule has 0 aromatic heterocycles. The van der Waals surface area contributed by atoms with Gasteiger partial charge >= 0.3 is 5.97 Å². The first-order chi connectivity index (χ1) is 12.3. The molecule has 1 aromatic carbocycles. The van der Waals surface area contributed by atoms with E-state index in [2.05, 4.69) is 5.32 Å². The number of hydrogen-bond donors (Lipinski definition) is 5. The summed E-state index contributed by atoms with van der Waals surface area (Å²) in [5, 5.41) is 20.9. The number of ether oxygens (including phenoxy) is 1. The number of hydrogen-bond acceptors (Lipinski definition) is 6. The van der Waals surface area contributed by atoms with Crippen molar-refractivity contribution in [3.8, 4) is 5.75 Å². The van der Waals surface area contributed by atoms with Gasteiger partial charge in [-0.25, -0.2) is 10.7 Å². The van der Waals surface area contributed by atoms with E-state index in [-0.39, 0.29) is 12.1 Å². The van der Waals surface area contributed by atoms with Gasteiger partial charge in [0.05, 0.1) is 0 Å². The summed E-state index contributed by atoms with van der Waals surface area (Å²) < 4.78 is 5.84. The number of carboxylic acid groups (broad SMARTS) is 1. The van der Waals surface area contributed by atoms with Crippen LogP contribution in [0.1, 0.15) is 43.7 Å². The molecule has 3 rings (SSSR count). The maximum Gasteiger partial charge on any atom is 0.341 e. The molecule has 0 bridgehead atoms. The second kappa shape index (κ2) is 7.22. The SMILES string of the molecule is C[C@@](ON)(C(=O)O)[C@H]1CCc2cc(C(=N)N[C@@H]3CC[C@H](N)C3)ccc2O1. The molecular formula is C18H26N4O4. The molecule has 1 aromatic rings. The lowest BCUT2D eigenvalue weighted by Gasteiger charge is -2.35. The molecule has 1 aliphatic carbocycles. The number of carbonyl (C=O) groups is 1. The van der Waals surface area contributed by atoms with Crippen LogP contribution in [0.3, 0.4) is 0 Å². The zero-order valence-corrected chi connectivity index (χ0v) is 14.8. The molecule has 7 N–H and O–H groups in total. The Hall–Kier alpha value is -2.16. The lowest BCUT2D eigenvalue weighted by Crippen LogP contribution is -2.54. The number of aliphatic carboxylic acids is 1. The van der Waals surface area contributed by atoms with Crippen LogP contribution in [0.4, 0.5) is 0 Å². The summed E-state index contributed by atoms with van der Waals surface area (Å²) in [4.78, 5) is 16.2. The number of amidine groups is 1. The van der Waals surface area contributed by atoms with Gasteiger partial charge in [0, 0.05) is 17.6 Å². The van der Waals surface area contributed by atoms with Gasteiger partial charge in [0.25, 0.3) is 0 Å². The average molecular weight is 362 g/mol. The van der Waals surface area contributed by atoms with Gasteiger partial charge in [0.1, 0.15) is 17.7 Å². The molecule has 0 saturated heterocycles. The fourth-order valence-electron chi connectivity index (χ4n) is 3.63. The number of nitrogens with one attached hydrogen (secondary N) is 2. The van der Waals surface area contributed by atoms with Crippen LogP contribution in [-0.2, 0) is 16.1 Å². The molecule has 1 aliphatic heterocycles. The fourth-order valence-corrected chi connectivity index (χ4v) is 3.63. The number of carboxylic acids is 1. The standard InChI is InChI=1S/C18H26N4O4/c1-18(26-21,17(23)24)15-7-3-10-8-11(2-6-14(10)25-15)16(20)22-13-5-4-12(19)9-13/h2,6,8,12-13,15H,3-5,7,9,19,21H2,1H3,(H2,20,22)(H,23,24)/t12-,13+,15+,18-/m0/s1. The minimum Gasteiger partial charge on any atom is -0.486 e. The number of fused-ring (bicyclic) bond motifs is 1. The van der Waals surface area contributed by atoms with Crippen molar-refractivity contribution >= 4 is 11.8 Å². The lowest BCUT2D eigenvalue weighted by molar-refractivity contribution is -0.179. The summed E-state index contributed by atoms with van der Waals surface area (Å²) >= 11 is 0. The number of benzene rings is 1. The van der Waals surface area contributed by atoms with Crippen LogP contribution in [0.5, 0.6) is 5.75 Å². The Morgan fingerprint density at radius 3 is 2.81 bits per heavy atom. The smallest absolute Gasteiger partial charge is 0.341 e. The molecule has 4 atom stereocenters. The molecule has 1 saturated carbocycles. The molecule has 0 amide bonds. The maximum atomic E-state index is 11.5. The Morgan fingerprint density at radius 1 is 1.42 bits per heavy atom. The minimum atomic E-state index is -1.61. The Balaban J connectivity index is 1.71. The summed E-state index contributed by atoms with van der Waals surface area (Å²) in [6.45, 7) is 1.41. The maximum absolute atomic E-state index is 11.5. The third kappa shape index (κ3) is 3.53. The third-order valence-corrected chi connectivity index (χ3v) is 5.40. The zero-order chi connectivity index (χ0) is 18.9. The molecule has 1 heterocycles. The molecule has 8 nitrogen and oxygen atoms in total. The van der Waals surface area contributed by atoms with Crippen LogP contribution in [0, 0.1) is 5.41 Å². The monoisotopic (exact) mass is 362 g/mol. The number of rotatable bonds is 5. The fraction of sp³-hybridized carbons (Fsp3) is 0.556. The van der Waals surface area contributed by atoms with E-state index in [1.54, 1.807) is 12.1 Å². The van der Waals surface area contributed by atoms with E-state index >= 15 is 0 Å². The van der Waals surface area contributed by atoms with Crippen molar-refractivity contribution in [2.45, 2.75) is 62.8 Å². The van der Waals surface area contributed by atoms with E-state index in [1.807, 2.05) is 6.07 Å². The molecule has 142 valence electrons. The highest BCUT2D eigenvalue weighted by Crippen LogP contribution is 2.33. The number of aryl methyl sites for hydroxylation is 1. The van der Waals surface area contributed by atoms with Crippen LogP contribution in [-0.4, -0.2) is 40.7 Å². The molecule has 0 radical (unpaired) electrons. The molecule has 2 aliphatic rings. The normalized spacial score (nSPS) is 27.1. The Bertz CT molecular complexity index is 710. The highest BCUT2D eigenvalue weighted by molar-refractivity contribution is 5.97. The van der Waals surface area contributed by atoms with Crippen LogP contribution in [0.15, 0.2) is 18.2 Å². The van der Waals surface area contributed by atoms with Gasteiger partial charge in [-0.2, -0.15) is 0 Å². The quantitative estimate of drug-likeness (QED) is 0.297. The summed E-state index contributed by atoms with van der Waals surface area (Å²) in [6.07, 6.45) is 3.25. The summed E-state index contributed by atoms with van der Waals surface area (Å²) in [5.41, 5.74) is 6.04.